The maximum atomic E-state index is 5.77. The standard InChI is InChI=1S/C14H9BrN2O/c15-12-9-16-6-5-14(12)18-11-7-10-3-1-2-4-13(10)17-8-11/h1-9H. The van der Waals surface area contributed by atoms with E-state index in [4.69, 9.17) is 4.74 Å². The highest BCUT2D eigenvalue weighted by Crippen LogP contribution is 2.29. The average Bonchev–Trinajstić information content (AvgIpc) is 2.41. The minimum Gasteiger partial charge on any atom is -0.454 e. The first-order valence-corrected chi connectivity index (χ1v) is 6.24. The fourth-order valence-corrected chi connectivity index (χ4v) is 2.01. The lowest BCUT2D eigenvalue weighted by Crippen LogP contribution is -1.88. The normalized spacial score (nSPS) is 10.5. The molecule has 4 heteroatoms. The van der Waals surface area contributed by atoms with E-state index in [1.54, 1.807) is 24.7 Å². The van der Waals surface area contributed by atoms with Gasteiger partial charge in [0, 0.05) is 23.8 Å². The van der Waals surface area contributed by atoms with E-state index in [1.807, 2.05) is 30.3 Å². The molecule has 18 heavy (non-hydrogen) atoms. The second-order valence-corrected chi connectivity index (χ2v) is 4.63. The van der Waals surface area contributed by atoms with Crippen molar-refractivity contribution in [3.05, 3.63) is 59.5 Å². The zero-order valence-corrected chi connectivity index (χ0v) is 11.0. The predicted molar refractivity (Wildman–Crippen MR) is 73.8 cm³/mol. The molecular weight excluding hydrogens is 292 g/mol. The van der Waals surface area contributed by atoms with E-state index >= 15 is 0 Å². The van der Waals surface area contributed by atoms with Crippen LogP contribution in [0.2, 0.25) is 0 Å². The van der Waals surface area contributed by atoms with Crippen molar-refractivity contribution < 1.29 is 4.74 Å². The van der Waals surface area contributed by atoms with Crippen molar-refractivity contribution in [1.29, 1.82) is 0 Å². The minimum atomic E-state index is 0.709. The Labute approximate surface area is 113 Å². The van der Waals surface area contributed by atoms with E-state index in [9.17, 15) is 0 Å². The zero-order chi connectivity index (χ0) is 12.4. The van der Waals surface area contributed by atoms with Crippen LogP contribution in [-0.4, -0.2) is 9.97 Å². The molecule has 0 aliphatic carbocycles. The summed E-state index contributed by atoms with van der Waals surface area (Å²) in [6.07, 6.45) is 5.10. The number of rotatable bonds is 2. The summed E-state index contributed by atoms with van der Waals surface area (Å²) in [4.78, 5) is 8.35. The van der Waals surface area contributed by atoms with E-state index in [2.05, 4.69) is 25.9 Å². The molecule has 1 aromatic carbocycles. The van der Waals surface area contributed by atoms with Crippen molar-refractivity contribution in [2.45, 2.75) is 0 Å². The Morgan fingerprint density at radius 2 is 1.94 bits per heavy atom. The third-order valence-corrected chi connectivity index (χ3v) is 3.12. The molecule has 0 saturated carbocycles. The van der Waals surface area contributed by atoms with Crippen LogP contribution in [0.5, 0.6) is 11.5 Å². The number of ether oxygens (including phenoxy) is 1. The van der Waals surface area contributed by atoms with Gasteiger partial charge in [0.1, 0.15) is 11.5 Å². The summed E-state index contributed by atoms with van der Waals surface area (Å²) >= 11 is 3.40. The van der Waals surface area contributed by atoms with E-state index < -0.39 is 0 Å². The molecule has 0 radical (unpaired) electrons. The Balaban J connectivity index is 1.98. The van der Waals surface area contributed by atoms with Crippen LogP contribution in [0, 0.1) is 0 Å². The number of hydrogen-bond donors (Lipinski definition) is 0. The molecule has 0 atom stereocenters. The molecule has 0 aliphatic rings. The van der Waals surface area contributed by atoms with Gasteiger partial charge in [-0.2, -0.15) is 0 Å². The van der Waals surface area contributed by atoms with Gasteiger partial charge in [0.15, 0.2) is 0 Å². The van der Waals surface area contributed by atoms with Crippen LogP contribution in [0.1, 0.15) is 0 Å². The lowest BCUT2D eigenvalue weighted by atomic mass is 10.2. The van der Waals surface area contributed by atoms with Crippen LogP contribution in [0.3, 0.4) is 0 Å². The van der Waals surface area contributed by atoms with E-state index in [1.165, 1.54) is 0 Å². The highest BCUT2D eigenvalue weighted by molar-refractivity contribution is 9.10. The first-order chi connectivity index (χ1) is 8.83. The number of para-hydroxylation sites is 1. The SMILES string of the molecule is Brc1cnccc1Oc1cnc2ccccc2c1. The first kappa shape index (κ1) is 11.2. The molecule has 0 amide bonds. The van der Waals surface area contributed by atoms with Gasteiger partial charge in [-0.3, -0.25) is 9.97 Å². The lowest BCUT2D eigenvalue weighted by molar-refractivity contribution is 0.477. The van der Waals surface area contributed by atoms with Gasteiger partial charge in [0.05, 0.1) is 16.2 Å². The van der Waals surface area contributed by atoms with Crippen molar-refractivity contribution in [3.63, 3.8) is 0 Å². The zero-order valence-electron chi connectivity index (χ0n) is 9.38. The lowest BCUT2D eigenvalue weighted by Gasteiger charge is -2.07. The first-order valence-electron chi connectivity index (χ1n) is 5.45. The van der Waals surface area contributed by atoms with E-state index in [0.717, 1.165) is 21.1 Å². The van der Waals surface area contributed by atoms with Gasteiger partial charge in [-0.25, -0.2) is 0 Å². The third-order valence-electron chi connectivity index (χ3n) is 2.53. The summed E-state index contributed by atoms with van der Waals surface area (Å²) in [5.74, 6) is 1.43. The van der Waals surface area contributed by atoms with E-state index in [-0.39, 0.29) is 0 Å². The quantitative estimate of drug-likeness (QED) is 0.712. The number of fused-ring (bicyclic) bond motifs is 1. The van der Waals surface area contributed by atoms with Crippen molar-refractivity contribution in [3.8, 4) is 11.5 Å². The summed E-state index contributed by atoms with van der Waals surface area (Å²) < 4.78 is 6.59. The Hall–Kier alpha value is -1.94. The number of nitrogens with zero attached hydrogens (tertiary/aromatic N) is 2. The molecule has 88 valence electrons. The Bertz CT molecular complexity index is 700. The minimum absolute atomic E-state index is 0.709. The van der Waals surface area contributed by atoms with Gasteiger partial charge >= 0.3 is 0 Å². The summed E-state index contributed by atoms with van der Waals surface area (Å²) in [5.41, 5.74) is 0.957. The molecule has 0 bridgehead atoms. The van der Waals surface area contributed by atoms with Crippen LogP contribution in [-0.2, 0) is 0 Å². The highest BCUT2D eigenvalue weighted by Gasteiger charge is 2.03. The highest BCUT2D eigenvalue weighted by atomic mass is 79.9. The van der Waals surface area contributed by atoms with Crippen LogP contribution in [0.15, 0.2) is 59.5 Å². The summed E-state index contributed by atoms with van der Waals surface area (Å²) in [5, 5.41) is 1.06. The molecule has 2 aromatic heterocycles. The smallest absolute Gasteiger partial charge is 0.146 e. The van der Waals surface area contributed by atoms with Crippen molar-refractivity contribution in [1.82, 2.24) is 9.97 Å². The summed E-state index contributed by atoms with van der Waals surface area (Å²) in [6, 6.07) is 11.7. The summed E-state index contributed by atoms with van der Waals surface area (Å²) in [7, 11) is 0. The van der Waals surface area contributed by atoms with Crippen LogP contribution >= 0.6 is 15.9 Å². The molecule has 0 fully saturated rings. The Kier molecular flexibility index (Phi) is 2.94. The number of benzene rings is 1. The van der Waals surface area contributed by atoms with Gasteiger partial charge in [-0.1, -0.05) is 18.2 Å². The van der Waals surface area contributed by atoms with Crippen LogP contribution in [0.25, 0.3) is 10.9 Å². The van der Waals surface area contributed by atoms with Gasteiger partial charge in [-0.05, 0) is 28.1 Å². The van der Waals surface area contributed by atoms with E-state index in [0.29, 0.717) is 5.75 Å². The van der Waals surface area contributed by atoms with Crippen molar-refractivity contribution in [2.75, 3.05) is 0 Å². The molecule has 3 aromatic rings. The number of hydrogen-bond acceptors (Lipinski definition) is 3. The number of pyridine rings is 2. The molecule has 3 nitrogen and oxygen atoms in total. The predicted octanol–water partition coefficient (Wildman–Crippen LogP) is 4.18. The molecule has 0 unspecified atom stereocenters. The second-order valence-electron chi connectivity index (χ2n) is 3.77. The maximum Gasteiger partial charge on any atom is 0.146 e. The van der Waals surface area contributed by atoms with Crippen molar-refractivity contribution in [2.24, 2.45) is 0 Å². The molecule has 0 aliphatic heterocycles. The third kappa shape index (κ3) is 2.19. The number of aromatic nitrogens is 2. The molecule has 0 saturated heterocycles. The fraction of sp³-hybridized carbons (Fsp3) is 0. The molecule has 3 rings (SSSR count). The van der Waals surface area contributed by atoms with Crippen LogP contribution in [0.4, 0.5) is 0 Å². The Morgan fingerprint density at radius 1 is 1.06 bits per heavy atom. The summed E-state index contributed by atoms with van der Waals surface area (Å²) in [6.45, 7) is 0. The fourth-order valence-electron chi connectivity index (χ4n) is 1.68. The largest absolute Gasteiger partial charge is 0.454 e. The van der Waals surface area contributed by atoms with Gasteiger partial charge in [0.2, 0.25) is 0 Å². The Morgan fingerprint density at radius 3 is 2.83 bits per heavy atom. The van der Waals surface area contributed by atoms with Crippen LogP contribution < -0.4 is 4.74 Å². The molecule has 0 N–H and O–H groups in total. The topological polar surface area (TPSA) is 35.0 Å². The average molecular weight is 301 g/mol. The second kappa shape index (κ2) is 4.74. The molecular formula is C14H9BrN2O. The van der Waals surface area contributed by atoms with Gasteiger partial charge in [0.25, 0.3) is 0 Å². The van der Waals surface area contributed by atoms with Crippen molar-refractivity contribution >= 4 is 26.8 Å². The number of halogens is 1. The monoisotopic (exact) mass is 300 g/mol. The molecule has 0 spiro atoms. The van der Waals surface area contributed by atoms with Gasteiger partial charge in [-0.15, -0.1) is 0 Å². The maximum absolute atomic E-state index is 5.77. The molecule has 2 heterocycles. The van der Waals surface area contributed by atoms with Gasteiger partial charge < -0.3 is 4.74 Å².